The van der Waals surface area contributed by atoms with Crippen LogP contribution in [0.15, 0.2) is 60.7 Å². The molecular weight excluding hydrogens is 737 g/mol. The van der Waals surface area contributed by atoms with E-state index in [-0.39, 0.29) is 35.7 Å². The number of nitrogens with one attached hydrogen (secondary N) is 3. The third-order valence-corrected chi connectivity index (χ3v) is 11.7. The second kappa shape index (κ2) is 16.9. The molecule has 4 N–H and O–H groups in total. The zero-order valence-corrected chi connectivity index (χ0v) is 34.1. The number of hydrogen-bond acceptors (Lipinski definition) is 7. The molecule has 14 heteroatoms. The smallest absolute Gasteiger partial charge is 0.407 e. The third kappa shape index (κ3) is 8.09. The van der Waals surface area contributed by atoms with Gasteiger partial charge in [-0.1, -0.05) is 64.1 Å². The van der Waals surface area contributed by atoms with E-state index in [1.54, 1.807) is 0 Å². The van der Waals surface area contributed by atoms with Gasteiger partial charge in [-0.15, -0.1) is 0 Å². The fourth-order valence-corrected chi connectivity index (χ4v) is 8.61. The Morgan fingerprint density at radius 1 is 0.724 bits per heavy atom. The fraction of sp³-hybridized carbons (Fsp3) is 0.455. The highest BCUT2D eigenvalue weighted by atomic mass is 16.5. The Kier molecular flexibility index (Phi) is 11.7. The number of imidazole rings is 2. The highest BCUT2D eigenvalue weighted by molar-refractivity contribution is 5.88. The summed E-state index contributed by atoms with van der Waals surface area (Å²) in [5.74, 6) is 0.834. The van der Waals surface area contributed by atoms with Crippen molar-refractivity contribution >= 4 is 46.1 Å². The number of carbonyl (C=O) groups is 4. The van der Waals surface area contributed by atoms with Crippen LogP contribution < -0.4 is 5.32 Å². The van der Waals surface area contributed by atoms with Crippen molar-refractivity contribution < 1.29 is 29.0 Å². The number of aromatic nitrogens is 4. The predicted molar refractivity (Wildman–Crippen MR) is 222 cm³/mol. The Morgan fingerprint density at radius 3 is 1.62 bits per heavy atom. The Bertz CT molecular complexity index is 2300. The molecule has 3 aromatic carbocycles. The first kappa shape index (κ1) is 40.3. The normalized spacial score (nSPS) is 18.4. The molecule has 0 aliphatic carbocycles. The lowest BCUT2D eigenvalue weighted by atomic mass is 9.96. The second-order valence-corrected chi connectivity index (χ2v) is 16.3. The number of hydrogen-bond donors (Lipinski definition) is 4. The van der Waals surface area contributed by atoms with E-state index in [1.165, 1.54) is 14.2 Å². The van der Waals surface area contributed by atoms with Crippen molar-refractivity contribution in [1.82, 2.24) is 40.0 Å². The molecule has 2 fully saturated rings. The van der Waals surface area contributed by atoms with Crippen LogP contribution in [0.25, 0.3) is 44.3 Å². The number of ether oxygens (including phenoxy) is 1. The number of rotatable bonds is 10. The Balaban J connectivity index is 1.09. The highest BCUT2D eigenvalue weighted by Gasteiger charge is 2.39. The van der Waals surface area contributed by atoms with Crippen LogP contribution in [0.1, 0.15) is 90.0 Å². The highest BCUT2D eigenvalue weighted by Crippen LogP contribution is 2.35. The average Bonchev–Trinajstić information content (AvgIpc) is 3.86. The number of nitrogens with zero attached hydrogens (tertiary/aromatic N) is 5. The summed E-state index contributed by atoms with van der Waals surface area (Å²) in [5, 5.41) is 12.4. The van der Waals surface area contributed by atoms with E-state index in [0.717, 1.165) is 93.6 Å². The average molecular weight is 791 g/mol. The van der Waals surface area contributed by atoms with Crippen molar-refractivity contribution in [2.45, 2.75) is 90.4 Å². The lowest BCUT2D eigenvalue weighted by Gasteiger charge is -2.39. The summed E-state index contributed by atoms with van der Waals surface area (Å²) in [4.78, 5) is 73.1. The Morgan fingerprint density at radius 2 is 1.19 bits per heavy atom. The number of amides is 4. The number of aromatic amines is 2. The molecule has 4 atom stereocenters. The first-order valence-electron chi connectivity index (χ1n) is 20.4. The van der Waals surface area contributed by atoms with Crippen LogP contribution in [-0.2, 0) is 14.3 Å². The van der Waals surface area contributed by atoms with Gasteiger partial charge in [0.15, 0.2) is 0 Å². The van der Waals surface area contributed by atoms with Crippen LogP contribution in [0, 0.1) is 11.8 Å². The number of benzene rings is 3. The number of methoxy groups -OCH3 is 1. The molecular formula is C44H54N8O6. The standard InChI is InChI=1S/C44H54N8O6/c1-25(2)37(49-43(55)58-6)41(53)51-21-9-7-11-35(51)39-45-31-19-17-29(23-33(31)47-39)27-13-15-28(16-14-27)30-18-20-32-34(24-30)48-40(46-32)36-12-8-10-22-52(36)42(54)38(26(3)4)50(5)44(56)57/h13-20,23-26,35-38H,7-12,21-22H2,1-6H3,(H,45,47)(H,46,48)(H,49,55)(H,56,57)/t35?,36-,37-,38-/m0/s1. The molecule has 0 saturated carbocycles. The summed E-state index contributed by atoms with van der Waals surface area (Å²) in [6.07, 6.45) is 3.46. The zero-order valence-electron chi connectivity index (χ0n) is 34.1. The number of alkyl carbamates (subject to hydrolysis) is 1. The molecule has 0 bridgehead atoms. The summed E-state index contributed by atoms with van der Waals surface area (Å²) in [5.41, 5.74) is 7.53. The number of carboxylic acid groups (broad SMARTS) is 1. The van der Waals surface area contributed by atoms with Crippen LogP contribution >= 0.6 is 0 Å². The summed E-state index contributed by atoms with van der Waals surface area (Å²) in [6, 6.07) is 18.7. The number of likely N-dealkylation sites (N-methyl/N-ethyl adjacent to an activating group) is 1. The van der Waals surface area contributed by atoms with E-state index in [2.05, 4.69) is 63.8 Å². The number of fused-ring (bicyclic) bond motifs is 2. The van der Waals surface area contributed by atoms with Crippen LogP contribution in [0.2, 0.25) is 0 Å². The van der Waals surface area contributed by atoms with Crippen LogP contribution in [-0.4, -0.2) is 103 Å². The second-order valence-electron chi connectivity index (χ2n) is 16.3. The SMILES string of the molecule is COC(=O)N[C@H](C(=O)N1CCCCC1c1nc2ccc(-c3ccc(-c4ccc5nc([C@@H]6CCCCN6C(=O)[C@H](C(C)C)N(C)C(=O)O)[nH]c5c4)cc3)cc2[nH]1)C(C)C. The van der Waals surface area contributed by atoms with Crippen molar-refractivity contribution in [3.8, 4) is 22.3 Å². The van der Waals surface area contributed by atoms with Crippen molar-refractivity contribution in [2.75, 3.05) is 27.2 Å². The fourth-order valence-electron chi connectivity index (χ4n) is 8.61. The molecule has 7 rings (SSSR count). The predicted octanol–water partition coefficient (Wildman–Crippen LogP) is 7.90. The Labute approximate surface area is 338 Å². The largest absolute Gasteiger partial charge is 0.465 e. The van der Waals surface area contributed by atoms with E-state index < -0.39 is 24.3 Å². The summed E-state index contributed by atoms with van der Waals surface area (Å²) >= 11 is 0. The minimum Gasteiger partial charge on any atom is -0.465 e. The molecule has 14 nitrogen and oxygen atoms in total. The first-order valence-corrected chi connectivity index (χ1v) is 20.4. The van der Waals surface area contributed by atoms with Gasteiger partial charge in [-0.3, -0.25) is 14.5 Å². The minimum absolute atomic E-state index is 0.115. The van der Waals surface area contributed by atoms with Gasteiger partial charge in [-0.25, -0.2) is 19.6 Å². The van der Waals surface area contributed by atoms with E-state index in [9.17, 15) is 24.3 Å². The molecule has 2 aliphatic rings. The molecule has 0 spiro atoms. The van der Waals surface area contributed by atoms with Gasteiger partial charge in [-0.05, 0) is 96.9 Å². The molecule has 2 aromatic heterocycles. The molecule has 2 saturated heterocycles. The van der Waals surface area contributed by atoms with Gasteiger partial charge in [0.1, 0.15) is 23.7 Å². The molecule has 1 unspecified atom stereocenters. The topological polar surface area (TPSA) is 177 Å². The van der Waals surface area contributed by atoms with Gasteiger partial charge in [0.2, 0.25) is 11.8 Å². The molecule has 5 aromatic rings. The maximum absolute atomic E-state index is 13.8. The summed E-state index contributed by atoms with van der Waals surface area (Å²) < 4.78 is 4.80. The van der Waals surface area contributed by atoms with Gasteiger partial charge in [0, 0.05) is 20.1 Å². The number of likely N-dealkylation sites (tertiary alicyclic amines) is 2. The van der Waals surface area contributed by atoms with Crippen LogP contribution in [0.4, 0.5) is 9.59 Å². The lowest BCUT2D eigenvalue weighted by Crippen LogP contribution is -2.53. The van der Waals surface area contributed by atoms with Crippen molar-refractivity contribution in [3.05, 3.63) is 72.3 Å². The quantitative estimate of drug-likeness (QED) is 0.110. The number of H-pyrrole nitrogens is 2. The van der Waals surface area contributed by atoms with E-state index in [1.807, 2.05) is 49.6 Å². The van der Waals surface area contributed by atoms with Crippen molar-refractivity contribution in [2.24, 2.45) is 11.8 Å². The van der Waals surface area contributed by atoms with Crippen LogP contribution in [0.5, 0.6) is 0 Å². The van der Waals surface area contributed by atoms with Crippen LogP contribution in [0.3, 0.4) is 0 Å². The zero-order chi connectivity index (χ0) is 41.2. The van der Waals surface area contributed by atoms with E-state index in [0.29, 0.717) is 18.9 Å². The maximum Gasteiger partial charge on any atom is 0.407 e. The van der Waals surface area contributed by atoms with Gasteiger partial charge in [0.25, 0.3) is 0 Å². The summed E-state index contributed by atoms with van der Waals surface area (Å²) in [7, 11) is 2.76. The molecule has 4 heterocycles. The minimum atomic E-state index is -1.12. The number of carbonyl (C=O) groups excluding carboxylic acids is 3. The lowest BCUT2D eigenvalue weighted by molar-refractivity contribution is -0.141. The molecule has 0 radical (unpaired) electrons. The molecule has 2 aliphatic heterocycles. The molecule has 4 amide bonds. The monoisotopic (exact) mass is 790 g/mol. The Hall–Kier alpha value is -5.92. The van der Waals surface area contributed by atoms with Gasteiger partial charge >= 0.3 is 12.2 Å². The summed E-state index contributed by atoms with van der Waals surface area (Å²) in [6.45, 7) is 8.71. The third-order valence-electron chi connectivity index (χ3n) is 11.7. The first-order chi connectivity index (χ1) is 27.8. The van der Waals surface area contributed by atoms with Crippen molar-refractivity contribution in [3.63, 3.8) is 0 Å². The van der Waals surface area contributed by atoms with Gasteiger partial charge < -0.3 is 34.9 Å². The molecule has 58 heavy (non-hydrogen) atoms. The van der Waals surface area contributed by atoms with Gasteiger partial charge in [-0.2, -0.15) is 0 Å². The van der Waals surface area contributed by atoms with E-state index >= 15 is 0 Å². The van der Waals surface area contributed by atoms with Gasteiger partial charge in [0.05, 0.1) is 41.3 Å². The molecule has 306 valence electrons. The van der Waals surface area contributed by atoms with E-state index in [4.69, 9.17) is 14.7 Å². The maximum atomic E-state index is 13.8. The number of piperidine rings is 2. The van der Waals surface area contributed by atoms with Crippen molar-refractivity contribution in [1.29, 1.82) is 0 Å².